The SMILES string of the molecule is N#Cc1cc(-c2ccc(-c3ccccc3S(N)(=O)=O)cc2Cl)ncc1F. The van der Waals surface area contributed by atoms with Crippen LogP contribution in [0.15, 0.2) is 59.6 Å². The molecule has 0 amide bonds. The number of rotatable bonds is 3. The zero-order valence-corrected chi connectivity index (χ0v) is 14.7. The zero-order valence-electron chi connectivity index (χ0n) is 13.1. The average Bonchev–Trinajstić information content (AvgIpc) is 2.61. The lowest BCUT2D eigenvalue weighted by atomic mass is 10.0. The maximum absolute atomic E-state index is 13.4. The van der Waals surface area contributed by atoms with E-state index in [1.165, 1.54) is 12.1 Å². The normalized spacial score (nSPS) is 11.2. The van der Waals surface area contributed by atoms with Crippen LogP contribution in [0.25, 0.3) is 22.4 Å². The Morgan fingerprint density at radius 3 is 2.50 bits per heavy atom. The fourth-order valence-corrected chi connectivity index (χ4v) is 3.55. The fourth-order valence-electron chi connectivity index (χ4n) is 2.52. The van der Waals surface area contributed by atoms with E-state index in [0.29, 0.717) is 22.4 Å². The molecule has 130 valence electrons. The Hall–Kier alpha value is -2.79. The molecule has 5 nitrogen and oxygen atoms in total. The second kappa shape index (κ2) is 6.84. The lowest BCUT2D eigenvalue weighted by Crippen LogP contribution is -2.13. The van der Waals surface area contributed by atoms with E-state index >= 15 is 0 Å². The van der Waals surface area contributed by atoms with Crippen molar-refractivity contribution < 1.29 is 12.8 Å². The van der Waals surface area contributed by atoms with Gasteiger partial charge in [-0.1, -0.05) is 41.9 Å². The van der Waals surface area contributed by atoms with E-state index in [1.807, 2.05) is 0 Å². The van der Waals surface area contributed by atoms with E-state index in [0.717, 1.165) is 6.20 Å². The van der Waals surface area contributed by atoms with Crippen molar-refractivity contribution in [2.24, 2.45) is 5.14 Å². The number of nitrogens with two attached hydrogens (primary N) is 1. The Morgan fingerprint density at radius 2 is 1.85 bits per heavy atom. The van der Waals surface area contributed by atoms with Crippen LogP contribution in [0.1, 0.15) is 5.56 Å². The van der Waals surface area contributed by atoms with Crippen molar-refractivity contribution in [3.63, 3.8) is 0 Å². The Balaban J connectivity index is 2.12. The molecule has 0 spiro atoms. The van der Waals surface area contributed by atoms with Gasteiger partial charge in [-0.3, -0.25) is 4.98 Å². The molecule has 2 N–H and O–H groups in total. The van der Waals surface area contributed by atoms with Crippen LogP contribution in [-0.4, -0.2) is 13.4 Å². The average molecular weight is 388 g/mol. The van der Waals surface area contributed by atoms with E-state index in [9.17, 15) is 12.8 Å². The zero-order chi connectivity index (χ0) is 18.9. The molecule has 0 saturated carbocycles. The van der Waals surface area contributed by atoms with E-state index in [4.69, 9.17) is 22.0 Å². The smallest absolute Gasteiger partial charge is 0.238 e. The highest BCUT2D eigenvalue weighted by atomic mass is 35.5. The molecule has 0 unspecified atom stereocenters. The summed E-state index contributed by atoms with van der Waals surface area (Å²) in [4.78, 5) is 3.93. The maximum atomic E-state index is 13.4. The van der Waals surface area contributed by atoms with Crippen LogP contribution in [0.4, 0.5) is 4.39 Å². The molecule has 3 rings (SSSR count). The third-order valence-corrected chi connectivity index (χ3v) is 5.01. The number of nitrogens with zero attached hydrogens (tertiary/aromatic N) is 2. The third-order valence-electron chi connectivity index (χ3n) is 3.73. The van der Waals surface area contributed by atoms with Crippen molar-refractivity contribution in [3.8, 4) is 28.5 Å². The van der Waals surface area contributed by atoms with Gasteiger partial charge in [0.25, 0.3) is 0 Å². The van der Waals surface area contributed by atoms with Gasteiger partial charge < -0.3 is 0 Å². The molecule has 0 fully saturated rings. The van der Waals surface area contributed by atoms with Crippen LogP contribution in [0, 0.1) is 17.1 Å². The minimum absolute atomic E-state index is 0.0181. The Kier molecular flexibility index (Phi) is 4.74. The van der Waals surface area contributed by atoms with Crippen molar-refractivity contribution >= 4 is 21.6 Å². The summed E-state index contributed by atoms with van der Waals surface area (Å²) in [6, 6.07) is 14.2. The molecule has 0 aliphatic carbocycles. The second-order valence-electron chi connectivity index (χ2n) is 5.40. The summed E-state index contributed by atoms with van der Waals surface area (Å²) < 4.78 is 37.0. The molecule has 0 bridgehead atoms. The van der Waals surface area contributed by atoms with Crippen molar-refractivity contribution in [1.82, 2.24) is 4.98 Å². The van der Waals surface area contributed by atoms with E-state index in [1.54, 1.807) is 42.5 Å². The summed E-state index contributed by atoms with van der Waals surface area (Å²) >= 11 is 6.32. The highest BCUT2D eigenvalue weighted by Crippen LogP contribution is 2.34. The van der Waals surface area contributed by atoms with Gasteiger partial charge in [0.15, 0.2) is 5.82 Å². The molecule has 8 heteroatoms. The number of pyridine rings is 1. The summed E-state index contributed by atoms with van der Waals surface area (Å²) in [5, 5.41) is 14.5. The van der Waals surface area contributed by atoms with Crippen molar-refractivity contribution in [2.75, 3.05) is 0 Å². The minimum atomic E-state index is -3.90. The highest BCUT2D eigenvalue weighted by molar-refractivity contribution is 7.89. The lowest BCUT2D eigenvalue weighted by molar-refractivity contribution is 0.598. The number of hydrogen-bond acceptors (Lipinski definition) is 4. The number of sulfonamides is 1. The summed E-state index contributed by atoms with van der Waals surface area (Å²) in [6.07, 6.45) is 0.953. The molecular weight excluding hydrogens is 377 g/mol. The van der Waals surface area contributed by atoms with Crippen LogP contribution in [-0.2, 0) is 10.0 Å². The molecule has 1 heterocycles. The monoisotopic (exact) mass is 387 g/mol. The quantitative estimate of drug-likeness (QED) is 0.740. The summed E-state index contributed by atoms with van der Waals surface area (Å²) in [7, 11) is -3.90. The van der Waals surface area contributed by atoms with Crippen molar-refractivity contribution in [2.45, 2.75) is 4.90 Å². The second-order valence-corrected chi connectivity index (χ2v) is 7.33. The molecular formula is C18H11ClFN3O2S. The van der Waals surface area contributed by atoms with Crippen LogP contribution >= 0.6 is 11.6 Å². The summed E-state index contributed by atoms with van der Waals surface area (Å²) in [5.74, 6) is -0.717. The van der Waals surface area contributed by atoms with Crippen LogP contribution in [0.5, 0.6) is 0 Å². The van der Waals surface area contributed by atoms with Gasteiger partial charge in [-0.25, -0.2) is 17.9 Å². The van der Waals surface area contributed by atoms with Gasteiger partial charge in [-0.2, -0.15) is 5.26 Å². The first-order valence-corrected chi connectivity index (χ1v) is 9.21. The van der Waals surface area contributed by atoms with Crippen LogP contribution < -0.4 is 5.14 Å². The molecule has 0 aliphatic rings. The summed E-state index contributed by atoms with van der Waals surface area (Å²) in [5.41, 5.74) is 1.63. The predicted molar refractivity (Wildman–Crippen MR) is 96.2 cm³/mol. The van der Waals surface area contributed by atoms with E-state index in [2.05, 4.69) is 4.98 Å². The number of hydrogen-bond donors (Lipinski definition) is 1. The molecule has 0 saturated heterocycles. The molecule has 0 atom stereocenters. The van der Waals surface area contributed by atoms with Gasteiger partial charge in [-0.15, -0.1) is 0 Å². The fraction of sp³-hybridized carbons (Fsp3) is 0. The van der Waals surface area contributed by atoms with Gasteiger partial charge in [-0.05, 0) is 23.8 Å². The Bertz CT molecular complexity index is 1160. The number of halogens is 2. The predicted octanol–water partition coefficient (Wildman–Crippen LogP) is 3.73. The van der Waals surface area contributed by atoms with Crippen molar-refractivity contribution in [1.29, 1.82) is 5.26 Å². The minimum Gasteiger partial charge on any atom is -0.253 e. The van der Waals surface area contributed by atoms with Gasteiger partial charge in [0, 0.05) is 11.1 Å². The standard InChI is InChI=1S/C18H11ClFN3O2S/c19-15-7-11(13-3-1-2-4-18(13)26(22,24)25)5-6-14(15)17-8-12(9-21)16(20)10-23-17/h1-8,10H,(H2,22,24,25). The number of aromatic nitrogens is 1. The molecule has 3 aromatic rings. The number of primary sulfonamides is 1. The van der Waals surface area contributed by atoms with E-state index in [-0.39, 0.29) is 15.5 Å². The van der Waals surface area contributed by atoms with Gasteiger partial charge >= 0.3 is 0 Å². The number of benzene rings is 2. The van der Waals surface area contributed by atoms with Crippen molar-refractivity contribution in [3.05, 3.63) is 71.1 Å². The molecule has 2 aromatic carbocycles. The van der Waals surface area contributed by atoms with Crippen LogP contribution in [0.2, 0.25) is 5.02 Å². The maximum Gasteiger partial charge on any atom is 0.238 e. The van der Waals surface area contributed by atoms with Gasteiger partial charge in [0.05, 0.1) is 27.4 Å². The largest absolute Gasteiger partial charge is 0.253 e. The Labute approximate surface area is 154 Å². The highest BCUT2D eigenvalue weighted by Gasteiger charge is 2.16. The molecule has 26 heavy (non-hydrogen) atoms. The first kappa shape index (κ1) is 18.0. The number of nitriles is 1. The topological polar surface area (TPSA) is 96.8 Å². The molecule has 0 radical (unpaired) electrons. The first-order valence-electron chi connectivity index (χ1n) is 7.29. The Morgan fingerprint density at radius 1 is 1.12 bits per heavy atom. The summed E-state index contributed by atoms with van der Waals surface area (Å²) in [6.45, 7) is 0. The van der Waals surface area contributed by atoms with Crippen LogP contribution in [0.3, 0.4) is 0 Å². The lowest BCUT2D eigenvalue weighted by Gasteiger charge is -2.10. The molecule has 1 aromatic heterocycles. The van der Waals surface area contributed by atoms with Gasteiger partial charge in [0.2, 0.25) is 10.0 Å². The third kappa shape index (κ3) is 3.44. The van der Waals surface area contributed by atoms with Gasteiger partial charge in [0.1, 0.15) is 6.07 Å². The first-order chi connectivity index (χ1) is 12.3. The molecule has 0 aliphatic heterocycles. The van der Waals surface area contributed by atoms with E-state index < -0.39 is 15.8 Å².